The van der Waals surface area contributed by atoms with Crippen LogP contribution in [0.4, 0.5) is 0 Å². The number of guanidine groups is 1. The van der Waals surface area contributed by atoms with E-state index in [1.807, 2.05) is 0 Å². The van der Waals surface area contributed by atoms with E-state index in [4.69, 9.17) is 11.5 Å². The van der Waals surface area contributed by atoms with Gasteiger partial charge in [0, 0.05) is 44.1 Å². The molecular formula is C104H193N13O6. The second kappa shape index (κ2) is 97.9. The van der Waals surface area contributed by atoms with E-state index in [0.717, 1.165) is 77.0 Å². The van der Waals surface area contributed by atoms with Crippen molar-refractivity contribution < 1.29 is 28.8 Å². The lowest BCUT2D eigenvalue weighted by atomic mass is 10.1. The Bertz CT molecular complexity index is 2670. The smallest absolute Gasteiger partial charge is 0.262 e. The summed E-state index contributed by atoms with van der Waals surface area (Å²) in [6.45, 7) is 9.07. The molecule has 0 aliphatic heterocycles. The Hall–Kier alpha value is -6.27. The fourth-order valence-corrected chi connectivity index (χ4v) is 15.4. The Morgan fingerprint density at radius 1 is 0.228 bits per heavy atom. The van der Waals surface area contributed by atoms with Gasteiger partial charge in [-0.1, -0.05) is 385 Å². The first-order valence-corrected chi connectivity index (χ1v) is 52.0. The van der Waals surface area contributed by atoms with Gasteiger partial charge in [0.25, 0.3) is 11.8 Å². The SMILES string of the molecule is CCCCCCCC/C=C\CCCCCCCCCCC/C=N/NC(=O)CC[C@H](NC(=O)CC[C@H](N=C(N)N)C(=O)N[C@@H](CCC(=O)N/N=C/CCCCCCCCCCC/C=C\CCCCCCCC)C(=O)N/N=C/CCCCCCCCCCC/C=C\CCCCCCCC)C(=O)N/N=C/CCCCCCCCCCC/C=C\CCCCCCCC. The number of carbonyl (C=O) groups is 6. The third kappa shape index (κ3) is 90.3. The number of unbranched alkanes of at least 4 members (excludes halogenated alkanes) is 64. The predicted molar refractivity (Wildman–Crippen MR) is 529 cm³/mol. The van der Waals surface area contributed by atoms with Crippen LogP contribution in [0.5, 0.6) is 0 Å². The molecule has 0 aliphatic carbocycles. The fraction of sp³-hybridized carbons (Fsp3) is 0.817. The number of nitrogens with two attached hydrogens (primary N) is 2. The van der Waals surface area contributed by atoms with Gasteiger partial charge in [0.15, 0.2) is 5.96 Å². The fourth-order valence-electron chi connectivity index (χ4n) is 15.4. The summed E-state index contributed by atoms with van der Waals surface area (Å²) in [6, 6.07) is -3.76. The Morgan fingerprint density at radius 2 is 0.423 bits per heavy atom. The maximum atomic E-state index is 14.2. The normalized spacial score (nSPS) is 12.7. The van der Waals surface area contributed by atoms with E-state index >= 15 is 0 Å². The zero-order chi connectivity index (χ0) is 89.2. The number of allylic oxidation sites excluding steroid dienone is 8. The third-order valence-electron chi connectivity index (χ3n) is 23.3. The zero-order valence-corrected chi connectivity index (χ0v) is 80.2. The molecule has 0 radical (unpaired) electrons. The second-order valence-electron chi connectivity index (χ2n) is 35.3. The number of aliphatic imine (C=N–C) groups is 1. The van der Waals surface area contributed by atoms with Gasteiger partial charge in [-0.05, 0) is 173 Å². The number of nitrogens with one attached hydrogen (secondary N) is 6. The summed E-state index contributed by atoms with van der Waals surface area (Å²) in [6.07, 6.45) is 113. The molecule has 0 aliphatic rings. The lowest BCUT2D eigenvalue weighted by Gasteiger charge is -2.20. The average Bonchev–Trinajstić information content (AvgIpc) is 0.880. The molecule has 0 rings (SSSR count). The highest BCUT2D eigenvalue weighted by molar-refractivity contribution is 5.93. The maximum absolute atomic E-state index is 14.2. The summed E-state index contributed by atoms with van der Waals surface area (Å²) >= 11 is 0. The third-order valence-corrected chi connectivity index (χ3v) is 23.3. The number of hydrogen-bond acceptors (Lipinski definition) is 11. The van der Waals surface area contributed by atoms with E-state index in [2.05, 4.69) is 134 Å². The van der Waals surface area contributed by atoms with Crippen LogP contribution in [0.15, 0.2) is 74.0 Å². The van der Waals surface area contributed by atoms with Gasteiger partial charge in [-0.15, -0.1) is 0 Å². The molecular weight excluding hydrogens is 1530 g/mol. The molecule has 6 amide bonds. The first kappa shape index (κ1) is 117. The van der Waals surface area contributed by atoms with Crippen molar-refractivity contribution in [3.63, 3.8) is 0 Å². The van der Waals surface area contributed by atoms with Crippen molar-refractivity contribution in [2.45, 2.75) is 547 Å². The van der Waals surface area contributed by atoms with Gasteiger partial charge >= 0.3 is 0 Å². The van der Waals surface area contributed by atoms with Crippen LogP contribution in [0, 0.1) is 0 Å². The van der Waals surface area contributed by atoms with Gasteiger partial charge < -0.3 is 22.1 Å². The maximum Gasteiger partial charge on any atom is 0.262 e. The van der Waals surface area contributed by atoms with Crippen molar-refractivity contribution in [1.82, 2.24) is 32.3 Å². The highest BCUT2D eigenvalue weighted by Gasteiger charge is 2.28. The van der Waals surface area contributed by atoms with Crippen LogP contribution in [0.25, 0.3) is 0 Å². The van der Waals surface area contributed by atoms with Crippen molar-refractivity contribution in [3.8, 4) is 0 Å². The zero-order valence-electron chi connectivity index (χ0n) is 80.2. The molecule has 0 aromatic carbocycles. The van der Waals surface area contributed by atoms with Crippen LogP contribution in [0.2, 0.25) is 0 Å². The number of hydrogen-bond donors (Lipinski definition) is 8. The number of amides is 6. The molecule has 3 atom stereocenters. The molecule has 0 aromatic rings. The topological polar surface area (TPSA) is 288 Å². The van der Waals surface area contributed by atoms with Crippen LogP contribution in [-0.2, 0) is 28.8 Å². The molecule has 10 N–H and O–H groups in total. The second-order valence-corrected chi connectivity index (χ2v) is 35.3. The highest BCUT2D eigenvalue weighted by atomic mass is 16.2. The van der Waals surface area contributed by atoms with E-state index in [1.165, 1.54) is 372 Å². The quantitative estimate of drug-likeness (QED) is 0.00950. The number of nitrogens with zero attached hydrogens (tertiary/aromatic N) is 5. The summed E-state index contributed by atoms with van der Waals surface area (Å²) < 4.78 is 0. The molecule has 0 fully saturated rings. The van der Waals surface area contributed by atoms with Gasteiger partial charge in [-0.25, -0.2) is 26.7 Å². The van der Waals surface area contributed by atoms with E-state index < -0.39 is 59.5 Å². The summed E-state index contributed by atoms with van der Waals surface area (Å²) in [7, 11) is 0. The molecule has 0 saturated heterocycles. The van der Waals surface area contributed by atoms with E-state index in [9.17, 15) is 28.8 Å². The molecule has 19 heteroatoms. The van der Waals surface area contributed by atoms with Gasteiger partial charge in [0.2, 0.25) is 23.6 Å². The van der Waals surface area contributed by atoms with Crippen LogP contribution in [0.3, 0.4) is 0 Å². The van der Waals surface area contributed by atoms with Gasteiger partial charge in [0.1, 0.15) is 18.1 Å². The Kier molecular flexibility index (Phi) is 92.9. The van der Waals surface area contributed by atoms with Crippen molar-refractivity contribution in [3.05, 3.63) is 48.6 Å². The van der Waals surface area contributed by atoms with Gasteiger partial charge in [0.05, 0.1) is 0 Å². The van der Waals surface area contributed by atoms with Crippen molar-refractivity contribution in [2.75, 3.05) is 0 Å². The lowest BCUT2D eigenvalue weighted by molar-refractivity contribution is -0.131. The molecule has 0 bridgehead atoms. The van der Waals surface area contributed by atoms with E-state index in [-0.39, 0.29) is 38.5 Å². The Morgan fingerprint density at radius 3 is 0.650 bits per heavy atom. The average molecular weight is 1720 g/mol. The minimum absolute atomic E-state index is 0.0618. The summed E-state index contributed by atoms with van der Waals surface area (Å²) in [5, 5.41) is 22.3. The first-order chi connectivity index (χ1) is 60.5. The summed E-state index contributed by atoms with van der Waals surface area (Å²) in [5.74, 6) is -3.90. The van der Waals surface area contributed by atoms with E-state index in [1.54, 1.807) is 24.9 Å². The van der Waals surface area contributed by atoms with Crippen molar-refractivity contribution in [1.29, 1.82) is 0 Å². The van der Waals surface area contributed by atoms with Gasteiger partial charge in [-0.3, -0.25) is 28.8 Å². The minimum atomic E-state index is -1.34. The summed E-state index contributed by atoms with van der Waals surface area (Å²) in [5.41, 5.74) is 22.1. The molecule has 710 valence electrons. The number of rotatable bonds is 95. The van der Waals surface area contributed by atoms with Crippen LogP contribution in [0.1, 0.15) is 529 Å². The Labute approximate surface area is 755 Å². The molecule has 0 unspecified atom stereocenters. The van der Waals surface area contributed by atoms with E-state index in [0.29, 0.717) is 12.8 Å². The van der Waals surface area contributed by atoms with Crippen molar-refractivity contribution in [2.24, 2.45) is 36.9 Å². The van der Waals surface area contributed by atoms with Crippen molar-refractivity contribution >= 4 is 66.3 Å². The highest BCUT2D eigenvalue weighted by Crippen LogP contribution is 2.20. The van der Waals surface area contributed by atoms with Gasteiger partial charge in [-0.2, -0.15) is 20.4 Å². The molecule has 0 heterocycles. The molecule has 19 nitrogen and oxygen atoms in total. The number of hydrazone groups is 4. The monoisotopic (exact) mass is 1720 g/mol. The van der Waals surface area contributed by atoms with Crippen LogP contribution >= 0.6 is 0 Å². The number of carbonyl (C=O) groups excluding carboxylic acids is 6. The molecule has 0 saturated carbocycles. The Balaban J connectivity index is 5.73. The standard InChI is InChI=1S/C104H193N13O6/c1-5-9-13-17-21-25-29-33-37-41-45-49-53-57-61-65-69-73-77-81-91-107-114-99(119)89-86-96(102(122)116-109-93-83-79-75-71-67-63-59-55-51-47-43-39-35-31-27-23-19-15-11-7-3)111-98(118)88-85-95(113-104(105)106)101(121)112-97(103(123)117-110-94-84-80-76-72-68-64-60-56-52-48-44-40-36-32-28-24-20-16-12-8-4)87-90-100(120)115-108-92-82-78-74-70-66-62-58-54-50-46-42-38-34-30-26-22-18-14-10-6-2/h33-40,91-97H,5-32,41-90H2,1-4H3,(H,111,118)(H,112,121)(H,114,119)(H,115,120)(H,116,122)(H,117,123)(H4,105,106,113)/b37-33-,38-34-,39-35-,40-36-,107-91+,108-92+,109-93+,110-94+/t95-,96-,97-/m0/s1. The minimum Gasteiger partial charge on any atom is -0.370 e. The molecule has 0 spiro atoms. The first-order valence-electron chi connectivity index (χ1n) is 52.0. The molecule has 123 heavy (non-hydrogen) atoms. The lowest BCUT2D eigenvalue weighted by Crippen LogP contribution is -2.49. The summed E-state index contributed by atoms with van der Waals surface area (Å²) in [4.78, 5) is 86.4. The van der Waals surface area contributed by atoms with Crippen LogP contribution in [-0.4, -0.2) is 84.4 Å². The van der Waals surface area contributed by atoms with Crippen LogP contribution < -0.4 is 43.8 Å². The molecule has 0 aromatic heterocycles. The largest absolute Gasteiger partial charge is 0.370 e. The predicted octanol–water partition coefficient (Wildman–Crippen LogP) is 27.7.